The number of carbonyl (C=O) groups is 2. The number of aryl methyl sites for hydroxylation is 1. The summed E-state index contributed by atoms with van der Waals surface area (Å²) in [7, 11) is 1.67. The number of anilines is 2. The van der Waals surface area contributed by atoms with E-state index in [1.54, 1.807) is 36.2 Å². The van der Waals surface area contributed by atoms with Gasteiger partial charge in [0.15, 0.2) is 0 Å². The largest absolute Gasteiger partial charge is 0.324 e. The Balaban J connectivity index is 1.49. The second-order valence-corrected chi connectivity index (χ2v) is 7.12. The minimum Gasteiger partial charge on any atom is -0.324 e. The molecule has 148 valence electrons. The van der Waals surface area contributed by atoms with Gasteiger partial charge in [-0.15, -0.1) is 0 Å². The average molecular weight is 390 g/mol. The van der Waals surface area contributed by atoms with Crippen LogP contribution in [0.5, 0.6) is 0 Å². The molecule has 3 aromatic rings. The molecule has 1 fully saturated rings. The predicted octanol–water partition coefficient (Wildman–Crippen LogP) is 2.63. The Hall–Kier alpha value is -3.48. The lowest BCUT2D eigenvalue weighted by atomic mass is 10.2. The van der Waals surface area contributed by atoms with Crippen LogP contribution in [0.1, 0.15) is 25.1 Å². The van der Waals surface area contributed by atoms with Crippen molar-refractivity contribution in [2.75, 3.05) is 16.8 Å². The maximum Gasteiger partial charge on any atom is 0.261 e. The Morgan fingerprint density at radius 1 is 1.10 bits per heavy atom. The van der Waals surface area contributed by atoms with Gasteiger partial charge in [-0.2, -0.15) is 0 Å². The zero-order valence-electron chi connectivity index (χ0n) is 16.2. The molecule has 1 saturated heterocycles. The Morgan fingerprint density at radius 2 is 1.86 bits per heavy atom. The number of benzene rings is 2. The number of hydrogen-bond donors (Lipinski definition) is 1. The SMILES string of the molecule is Cn1c(CCC(=O)Nc2ccccc2N2CCCC2=O)nc2ccccc2c1=O. The number of hydrogen-bond acceptors (Lipinski definition) is 4. The monoisotopic (exact) mass is 390 g/mol. The van der Waals surface area contributed by atoms with Gasteiger partial charge in [-0.1, -0.05) is 24.3 Å². The third kappa shape index (κ3) is 3.76. The third-order valence-corrected chi connectivity index (χ3v) is 5.19. The van der Waals surface area contributed by atoms with E-state index in [0.29, 0.717) is 41.8 Å². The number of aromatic nitrogens is 2. The van der Waals surface area contributed by atoms with Crippen molar-refractivity contribution >= 4 is 34.1 Å². The molecule has 0 bridgehead atoms. The van der Waals surface area contributed by atoms with Crippen LogP contribution in [0.25, 0.3) is 10.9 Å². The highest BCUT2D eigenvalue weighted by Crippen LogP contribution is 2.29. The van der Waals surface area contributed by atoms with Gasteiger partial charge in [0.25, 0.3) is 5.56 Å². The quantitative estimate of drug-likeness (QED) is 0.726. The average Bonchev–Trinajstić information content (AvgIpc) is 3.16. The molecule has 0 spiro atoms. The van der Waals surface area contributed by atoms with E-state index in [0.717, 1.165) is 12.1 Å². The lowest BCUT2D eigenvalue weighted by Crippen LogP contribution is -2.26. The number of rotatable bonds is 5. The first-order valence-corrected chi connectivity index (χ1v) is 9.68. The van der Waals surface area contributed by atoms with Crippen LogP contribution in [0.2, 0.25) is 0 Å². The van der Waals surface area contributed by atoms with Crippen molar-refractivity contribution in [3.8, 4) is 0 Å². The van der Waals surface area contributed by atoms with E-state index in [2.05, 4.69) is 10.3 Å². The van der Waals surface area contributed by atoms with Crippen LogP contribution in [0.4, 0.5) is 11.4 Å². The molecule has 1 aliphatic rings. The van der Waals surface area contributed by atoms with Gasteiger partial charge in [-0.05, 0) is 30.7 Å². The van der Waals surface area contributed by atoms with Crippen molar-refractivity contribution in [2.45, 2.75) is 25.7 Å². The first-order valence-electron chi connectivity index (χ1n) is 9.68. The van der Waals surface area contributed by atoms with Crippen molar-refractivity contribution in [3.05, 3.63) is 64.7 Å². The van der Waals surface area contributed by atoms with Gasteiger partial charge >= 0.3 is 0 Å². The summed E-state index contributed by atoms with van der Waals surface area (Å²) in [5.41, 5.74) is 1.85. The van der Waals surface area contributed by atoms with Gasteiger partial charge in [0.2, 0.25) is 11.8 Å². The summed E-state index contributed by atoms with van der Waals surface area (Å²) >= 11 is 0. The standard InChI is InChI=1S/C22H22N4O3/c1-25-19(23-16-8-3-2-7-15(16)22(25)29)12-13-20(27)24-17-9-4-5-10-18(17)26-14-6-11-21(26)28/h2-5,7-10H,6,11-14H2,1H3,(H,24,27). The highest BCUT2D eigenvalue weighted by atomic mass is 16.2. The summed E-state index contributed by atoms with van der Waals surface area (Å²) in [6.07, 6.45) is 1.88. The first-order chi connectivity index (χ1) is 14.0. The zero-order chi connectivity index (χ0) is 20.4. The lowest BCUT2D eigenvalue weighted by Gasteiger charge is -2.20. The van der Waals surface area contributed by atoms with Gasteiger partial charge in [0, 0.05) is 32.9 Å². The Labute approximate surface area is 168 Å². The van der Waals surface area contributed by atoms with E-state index in [9.17, 15) is 14.4 Å². The summed E-state index contributed by atoms with van der Waals surface area (Å²) < 4.78 is 1.49. The second-order valence-electron chi connectivity index (χ2n) is 7.12. The Morgan fingerprint density at radius 3 is 2.66 bits per heavy atom. The molecular weight excluding hydrogens is 368 g/mol. The number of nitrogens with one attached hydrogen (secondary N) is 1. The van der Waals surface area contributed by atoms with E-state index >= 15 is 0 Å². The number of carbonyl (C=O) groups excluding carboxylic acids is 2. The van der Waals surface area contributed by atoms with Gasteiger partial charge in [0.1, 0.15) is 5.82 Å². The van der Waals surface area contributed by atoms with Crippen LogP contribution >= 0.6 is 0 Å². The molecule has 0 atom stereocenters. The van der Waals surface area contributed by atoms with Gasteiger partial charge in [0.05, 0.1) is 22.3 Å². The number of fused-ring (bicyclic) bond motifs is 1. The maximum absolute atomic E-state index is 12.6. The van der Waals surface area contributed by atoms with Crippen LogP contribution in [-0.2, 0) is 23.1 Å². The zero-order valence-corrected chi connectivity index (χ0v) is 16.2. The molecule has 0 radical (unpaired) electrons. The molecule has 4 rings (SSSR count). The van der Waals surface area contributed by atoms with Crippen molar-refractivity contribution < 1.29 is 9.59 Å². The van der Waals surface area contributed by atoms with Gasteiger partial charge in [-0.25, -0.2) is 4.98 Å². The third-order valence-electron chi connectivity index (χ3n) is 5.19. The van der Waals surface area contributed by atoms with E-state index in [1.165, 1.54) is 4.57 Å². The maximum atomic E-state index is 12.6. The molecule has 1 aromatic heterocycles. The fraction of sp³-hybridized carbons (Fsp3) is 0.273. The fourth-order valence-electron chi connectivity index (χ4n) is 3.64. The van der Waals surface area contributed by atoms with Crippen molar-refractivity contribution in [3.63, 3.8) is 0 Å². The predicted molar refractivity (Wildman–Crippen MR) is 112 cm³/mol. The Kier molecular flexibility index (Phi) is 5.12. The molecule has 2 amide bonds. The second kappa shape index (κ2) is 7.87. The molecule has 0 unspecified atom stereocenters. The highest BCUT2D eigenvalue weighted by Gasteiger charge is 2.24. The van der Waals surface area contributed by atoms with E-state index in [-0.39, 0.29) is 23.8 Å². The first kappa shape index (κ1) is 18.9. The lowest BCUT2D eigenvalue weighted by molar-refractivity contribution is -0.117. The van der Waals surface area contributed by atoms with E-state index < -0.39 is 0 Å². The molecule has 2 heterocycles. The van der Waals surface area contributed by atoms with Crippen molar-refractivity contribution in [1.82, 2.24) is 9.55 Å². The van der Waals surface area contributed by atoms with E-state index in [1.807, 2.05) is 24.3 Å². The summed E-state index contributed by atoms with van der Waals surface area (Å²) in [6, 6.07) is 14.5. The number of amides is 2. The Bertz CT molecular complexity index is 1150. The smallest absolute Gasteiger partial charge is 0.261 e. The number of para-hydroxylation sites is 3. The van der Waals surface area contributed by atoms with Crippen LogP contribution in [0, 0.1) is 0 Å². The summed E-state index contributed by atoms with van der Waals surface area (Å²) in [4.78, 5) is 43.4. The molecule has 0 aliphatic carbocycles. The molecule has 1 aliphatic heterocycles. The molecular formula is C22H22N4O3. The van der Waals surface area contributed by atoms with Gasteiger partial charge in [-0.3, -0.25) is 19.0 Å². The summed E-state index contributed by atoms with van der Waals surface area (Å²) in [6.45, 7) is 0.662. The highest BCUT2D eigenvalue weighted by molar-refractivity contribution is 6.02. The normalized spacial score (nSPS) is 13.8. The molecule has 2 aromatic carbocycles. The molecule has 0 saturated carbocycles. The molecule has 1 N–H and O–H groups in total. The summed E-state index contributed by atoms with van der Waals surface area (Å²) in [5, 5.41) is 3.46. The summed E-state index contributed by atoms with van der Waals surface area (Å²) in [5.74, 6) is 0.445. The van der Waals surface area contributed by atoms with Crippen LogP contribution in [-0.4, -0.2) is 27.9 Å². The van der Waals surface area contributed by atoms with Crippen molar-refractivity contribution in [2.24, 2.45) is 7.05 Å². The minimum atomic E-state index is -0.188. The molecule has 7 heteroatoms. The minimum absolute atomic E-state index is 0.0714. The molecule has 29 heavy (non-hydrogen) atoms. The van der Waals surface area contributed by atoms with Crippen LogP contribution in [0.3, 0.4) is 0 Å². The number of nitrogens with zero attached hydrogens (tertiary/aromatic N) is 3. The van der Waals surface area contributed by atoms with Crippen LogP contribution < -0.4 is 15.8 Å². The fourth-order valence-corrected chi connectivity index (χ4v) is 3.64. The van der Waals surface area contributed by atoms with E-state index in [4.69, 9.17) is 0 Å². The van der Waals surface area contributed by atoms with Crippen molar-refractivity contribution in [1.29, 1.82) is 0 Å². The topological polar surface area (TPSA) is 84.3 Å². The molecule has 7 nitrogen and oxygen atoms in total. The van der Waals surface area contributed by atoms with Crippen LogP contribution in [0.15, 0.2) is 53.3 Å². The van der Waals surface area contributed by atoms with Gasteiger partial charge < -0.3 is 10.2 Å².